The molecule has 0 aromatic heterocycles. The second-order valence-corrected chi connectivity index (χ2v) is 14.9. The normalized spacial score (nSPS) is 29.7. The van der Waals surface area contributed by atoms with Crippen LogP contribution < -0.4 is 16.0 Å². The minimum absolute atomic E-state index is 0.00151. The Morgan fingerprint density at radius 3 is 1.98 bits per heavy atom. The summed E-state index contributed by atoms with van der Waals surface area (Å²) in [6.45, 7) is 1.50. The van der Waals surface area contributed by atoms with Crippen LogP contribution in [-0.2, 0) is 20.9 Å². The third-order valence-electron chi connectivity index (χ3n) is 10.1. The van der Waals surface area contributed by atoms with Crippen molar-refractivity contribution in [2.24, 2.45) is 17.8 Å². The number of carbonyl (C=O) groups is 2. The van der Waals surface area contributed by atoms with Crippen LogP contribution in [0.1, 0.15) is 81.0 Å². The number of nitrogens with one attached hydrogen (secondary N) is 3. The number of benzene rings is 3. The van der Waals surface area contributed by atoms with E-state index in [2.05, 4.69) is 16.0 Å². The molecule has 3 unspecified atom stereocenters. The van der Waals surface area contributed by atoms with E-state index >= 15 is 0 Å². The van der Waals surface area contributed by atoms with Gasteiger partial charge in [-0.25, -0.2) is 4.79 Å². The molecular weight excluding hydrogens is 598 g/mol. The Kier molecular flexibility index (Phi) is 9.10. The highest BCUT2D eigenvalue weighted by molar-refractivity contribution is 7.99. The quantitative estimate of drug-likeness (QED) is 0.180. The van der Waals surface area contributed by atoms with E-state index in [1.54, 1.807) is 11.8 Å². The van der Waals surface area contributed by atoms with E-state index < -0.39 is 6.29 Å². The Hall–Kier alpha value is -3.37. The van der Waals surface area contributed by atoms with Crippen molar-refractivity contribution in [3.05, 3.63) is 89.5 Å². The summed E-state index contributed by atoms with van der Waals surface area (Å²) < 4.78 is 13.0. The lowest BCUT2D eigenvalue weighted by Crippen LogP contribution is -2.60. The summed E-state index contributed by atoms with van der Waals surface area (Å²) in [7, 11) is 0. The lowest BCUT2D eigenvalue weighted by molar-refractivity contribution is -0.245. The Balaban J connectivity index is 1.01. The minimum atomic E-state index is -0.570. The van der Waals surface area contributed by atoms with Crippen molar-refractivity contribution >= 4 is 35.1 Å². The van der Waals surface area contributed by atoms with Gasteiger partial charge in [-0.1, -0.05) is 36.4 Å². The smallest absolute Gasteiger partial charge is 0.319 e. The Morgan fingerprint density at radius 2 is 1.37 bits per heavy atom. The molecule has 3 amide bonds. The topological polar surface area (TPSA) is 109 Å². The first kappa shape index (κ1) is 31.2. The molecule has 5 aliphatic rings. The lowest BCUT2D eigenvalue weighted by Gasteiger charge is -2.56. The summed E-state index contributed by atoms with van der Waals surface area (Å²) in [5.74, 6) is 2.96. The second kappa shape index (κ2) is 13.4. The minimum Gasteiger partial charge on any atom is -0.392 e. The molecule has 0 radical (unpaired) electrons. The molecule has 4 aliphatic carbocycles. The SMILES string of the molecule is CC(=O)Nc1ccc(SCC2CC(c3ccc(CO)cc3)OC(c3ccc(NC(=O)NC45CC6CC(CC(C6)C4)C5)cc3)O2)cc1. The number of ether oxygens (including phenoxy) is 2. The van der Waals surface area contributed by atoms with Gasteiger partial charge in [0.05, 0.1) is 18.8 Å². The maximum absolute atomic E-state index is 13.1. The molecule has 1 aliphatic heterocycles. The standard InChI is InChI=1S/C37H43N3O5S/c1-23(42)38-30-10-12-33(13-11-30)46-22-32-17-34(28-4-2-24(21-41)3-5-28)45-35(44-32)29-6-8-31(9-7-29)39-36(43)40-37-18-25-14-26(19-37)16-27(15-25)20-37/h2-13,25-27,32,34-35,41H,14-22H2,1H3,(H,38,42)(H2,39,40,43). The van der Waals surface area contributed by atoms with Gasteiger partial charge in [0, 0.05) is 46.5 Å². The van der Waals surface area contributed by atoms with Crippen molar-refractivity contribution in [3.8, 4) is 0 Å². The van der Waals surface area contributed by atoms with Gasteiger partial charge in [-0.3, -0.25) is 4.79 Å². The predicted molar refractivity (Wildman–Crippen MR) is 179 cm³/mol. The molecule has 3 aromatic carbocycles. The molecule has 3 atom stereocenters. The van der Waals surface area contributed by atoms with Crippen LogP contribution in [0, 0.1) is 17.8 Å². The van der Waals surface area contributed by atoms with Crippen LogP contribution in [0.2, 0.25) is 0 Å². The Bertz CT molecular complexity index is 1490. The highest BCUT2D eigenvalue weighted by Crippen LogP contribution is 2.55. The molecule has 9 heteroatoms. The third kappa shape index (κ3) is 7.28. The molecule has 4 saturated carbocycles. The average Bonchev–Trinajstić information content (AvgIpc) is 3.03. The molecule has 5 fully saturated rings. The van der Waals surface area contributed by atoms with Gasteiger partial charge < -0.3 is 30.5 Å². The highest BCUT2D eigenvalue weighted by atomic mass is 32.2. The number of carbonyl (C=O) groups excluding carboxylic acids is 2. The molecule has 1 saturated heterocycles. The van der Waals surface area contributed by atoms with E-state index in [-0.39, 0.29) is 36.3 Å². The number of hydrogen-bond acceptors (Lipinski definition) is 6. The molecule has 242 valence electrons. The Morgan fingerprint density at radius 1 is 0.783 bits per heavy atom. The second-order valence-electron chi connectivity index (χ2n) is 13.8. The van der Waals surface area contributed by atoms with Crippen LogP contribution in [0.4, 0.5) is 16.2 Å². The number of amides is 3. The van der Waals surface area contributed by atoms with E-state index in [4.69, 9.17) is 9.47 Å². The van der Waals surface area contributed by atoms with Gasteiger partial charge in [0.25, 0.3) is 0 Å². The molecule has 4 N–H and O–H groups in total. The molecular formula is C37H43N3O5S. The van der Waals surface area contributed by atoms with E-state index in [1.807, 2.05) is 72.8 Å². The lowest BCUT2D eigenvalue weighted by atomic mass is 9.53. The molecule has 8 nitrogen and oxygen atoms in total. The summed E-state index contributed by atoms with van der Waals surface area (Å²) in [6, 6.07) is 23.3. The van der Waals surface area contributed by atoms with Crippen LogP contribution in [0.3, 0.4) is 0 Å². The summed E-state index contributed by atoms with van der Waals surface area (Å²) in [4.78, 5) is 25.6. The molecule has 3 aromatic rings. The van der Waals surface area contributed by atoms with E-state index in [0.29, 0.717) is 6.42 Å². The summed E-state index contributed by atoms with van der Waals surface area (Å²) >= 11 is 1.71. The molecule has 1 heterocycles. The number of hydrogen-bond donors (Lipinski definition) is 4. The third-order valence-corrected chi connectivity index (χ3v) is 11.2. The maximum Gasteiger partial charge on any atom is 0.319 e. The average molecular weight is 642 g/mol. The zero-order chi connectivity index (χ0) is 31.7. The van der Waals surface area contributed by atoms with Crippen LogP contribution in [0.25, 0.3) is 0 Å². The fourth-order valence-corrected chi connectivity index (χ4v) is 9.36. The highest BCUT2D eigenvalue weighted by Gasteiger charge is 2.51. The molecule has 46 heavy (non-hydrogen) atoms. The van der Waals surface area contributed by atoms with Gasteiger partial charge in [-0.2, -0.15) is 0 Å². The fourth-order valence-electron chi connectivity index (χ4n) is 8.44. The van der Waals surface area contributed by atoms with Crippen molar-refractivity contribution < 1.29 is 24.2 Å². The van der Waals surface area contributed by atoms with Crippen LogP contribution in [0.15, 0.2) is 77.7 Å². The summed E-state index contributed by atoms with van der Waals surface area (Å²) in [6.07, 6.45) is 7.25. The van der Waals surface area contributed by atoms with Gasteiger partial charge in [0.15, 0.2) is 6.29 Å². The zero-order valence-electron chi connectivity index (χ0n) is 26.2. The summed E-state index contributed by atoms with van der Waals surface area (Å²) in [5, 5.41) is 18.8. The number of urea groups is 1. The van der Waals surface area contributed by atoms with Gasteiger partial charge in [0.2, 0.25) is 5.91 Å². The first-order chi connectivity index (χ1) is 22.3. The van der Waals surface area contributed by atoms with Gasteiger partial charge in [0.1, 0.15) is 0 Å². The summed E-state index contributed by atoms with van der Waals surface area (Å²) in [5.41, 5.74) is 4.27. The number of anilines is 2. The molecule has 8 rings (SSSR count). The largest absolute Gasteiger partial charge is 0.392 e. The van der Waals surface area contributed by atoms with Gasteiger partial charge >= 0.3 is 6.03 Å². The van der Waals surface area contributed by atoms with E-state index in [1.165, 1.54) is 26.2 Å². The molecule has 4 bridgehead atoms. The van der Waals surface area contributed by atoms with Crippen LogP contribution >= 0.6 is 11.8 Å². The van der Waals surface area contributed by atoms with Crippen molar-refractivity contribution in [2.75, 3.05) is 16.4 Å². The monoisotopic (exact) mass is 641 g/mol. The number of aliphatic hydroxyl groups excluding tert-OH is 1. The van der Waals surface area contributed by atoms with E-state index in [9.17, 15) is 14.7 Å². The number of thioether (sulfide) groups is 1. The first-order valence-electron chi connectivity index (χ1n) is 16.5. The number of rotatable bonds is 9. The van der Waals surface area contributed by atoms with Crippen molar-refractivity contribution in [2.45, 2.75) is 87.4 Å². The first-order valence-corrected chi connectivity index (χ1v) is 17.5. The van der Waals surface area contributed by atoms with Crippen molar-refractivity contribution in [3.63, 3.8) is 0 Å². The van der Waals surface area contributed by atoms with Crippen LogP contribution in [-0.4, -0.2) is 34.4 Å². The molecule has 0 spiro atoms. The Labute approximate surface area is 275 Å². The van der Waals surface area contributed by atoms with Gasteiger partial charge in [-0.15, -0.1) is 11.8 Å². The maximum atomic E-state index is 13.1. The van der Waals surface area contributed by atoms with Gasteiger partial charge in [-0.05, 0) is 104 Å². The van der Waals surface area contributed by atoms with Crippen molar-refractivity contribution in [1.82, 2.24) is 5.32 Å². The fraction of sp³-hybridized carbons (Fsp3) is 0.459. The van der Waals surface area contributed by atoms with Crippen molar-refractivity contribution in [1.29, 1.82) is 0 Å². The zero-order valence-corrected chi connectivity index (χ0v) is 27.1. The number of aliphatic hydroxyl groups is 1. The van der Waals surface area contributed by atoms with Crippen LogP contribution in [0.5, 0.6) is 0 Å². The van der Waals surface area contributed by atoms with E-state index in [0.717, 1.165) is 75.7 Å². The predicted octanol–water partition coefficient (Wildman–Crippen LogP) is 7.57.